The van der Waals surface area contributed by atoms with E-state index in [2.05, 4.69) is 51.7 Å². The molecule has 3 rings (SSSR count). The number of aldehydes is 1. The Hall–Kier alpha value is -2.37. The van der Waals surface area contributed by atoms with Crippen molar-refractivity contribution < 1.29 is 9.90 Å². The van der Waals surface area contributed by atoms with Crippen molar-refractivity contribution in [3.05, 3.63) is 70.3 Å². The van der Waals surface area contributed by atoms with Crippen LogP contribution in [0.4, 0.5) is 0 Å². The minimum Gasteiger partial charge on any atom is -0.376 e. The molecule has 0 saturated carbocycles. The summed E-state index contributed by atoms with van der Waals surface area (Å²) in [4.78, 5) is 10.7. The zero-order valence-electron chi connectivity index (χ0n) is 16.0. The second-order valence-corrected chi connectivity index (χ2v) is 8.48. The number of hydrogen-bond donors (Lipinski definition) is 1. The van der Waals surface area contributed by atoms with Gasteiger partial charge in [-0.2, -0.15) is 0 Å². The van der Waals surface area contributed by atoms with Gasteiger partial charge < -0.3 is 5.11 Å². The van der Waals surface area contributed by atoms with Gasteiger partial charge in [0.2, 0.25) is 0 Å². The Labute approximate surface area is 156 Å². The van der Waals surface area contributed by atoms with Gasteiger partial charge in [-0.3, -0.25) is 4.79 Å². The van der Waals surface area contributed by atoms with Crippen LogP contribution in [0.5, 0.6) is 0 Å². The molecule has 1 N–H and O–H groups in total. The van der Waals surface area contributed by atoms with E-state index in [1.54, 1.807) is 24.3 Å². The topological polar surface area (TPSA) is 37.3 Å². The smallest absolute Gasteiger partial charge is 0.150 e. The molecule has 1 atom stereocenters. The van der Waals surface area contributed by atoms with E-state index < -0.39 is 6.10 Å². The highest BCUT2D eigenvalue weighted by Crippen LogP contribution is 2.46. The van der Waals surface area contributed by atoms with Gasteiger partial charge in [-0.1, -0.05) is 69.9 Å². The van der Waals surface area contributed by atoms with Crippen LogP contribution >= 0.6 is 0 Å². The van der Waals surface area contributed by atoms with Crippen LogP contribution in [0.15, 0.2) is 42.5 Å². The summed E-state index contributed by atoms with van der Waals surface area (Å²) in [5.41, 5.74) is 5.22. The number of carbonyl (C=O) groups excluding carboxylic acids is 1. The molecular weight excluding hydrogens is 320 g/mol. The highest BCUT2D eigenvalue weighted by Gasteiger charge is 2.37. The summed E-state index contributed by atoms with van der Waals surface area (Å²) in [7, 11) is 0. The normalized spacial score (nSPS) is 18.2. The van der Waals surface area contributed by atoms with Crippen molar-refractivity contribution in [2.75, 3.05) is 0 Å². The van der Waals surface area contributed by atoms with Crippen LogP contribution < -0.4 is 0 Å². The lowest BCUT2D eigenvalue weighted by atomic mass is 9.63. The molecule has 0 heterocycles. The molecule has 0 saturated heterocycles. The summed E-state index contributed by atoms with van der Waals surface area (Å²) < 4.78 is 0. The molecule has 0 bridgehead atoms. The molecule has 1 unspecified atom stereocenters. The SMILES string of the molecule is CC1(C)CCC(C)(C)c2cc(C(O)C#Cc3ccc(C=O)cc3)ccc21. The van der Waals surface area contributed by atoms with E-state index in [9.17, 15) is 9.90 Å². The Kier molecular flexibility index (Phi) is 4.78. The number of rotatable bonds is 2. The first-order valence-corrected chi connectivity index (χ1v) is 9.13. The molecule has 0 spiro atoms. The van der Waals surface area contributed by atoms with Gasteiger partial charge >= 0.3 is 0 Å². The standard InChI is InChI=1S/C24H26O2/c1-23(2)13-14-24(3,4)21-15-19(10-11-20(21)23)22(26)12-9-17-5-7-18(16-25)8-6-17/h5-8,10-11,15-16,22,26H,13-14H2,1-4H3. The van der Waals surface area contributed by atoms with Gasteiger partial charge in [-0.05, 0) is 52.5 Å². The van der Waals surface area contributed by atoms with Crippen LogP contribution in [0.1, 0.15) is 79.3 Å². The van der Waals surface area contributed by atoms with Gasteiger partial charge in [0.05, 0.1) is 0 Å². The van der Waals surface area contributed by atoms with Crippen molar-refractivity contribution in [1.82, 2.24) is 0 Å². The molecule has 0 radical (unpaired) electrons. The maximum atomic E-state index is 10.7. The molecule has 0 amide bonds. The maximum absolute atomic E-state index is 10.7. The molecule has 2 heteroatoms. The fourth-order valence-electron chi connectivity index (χ4n) is 3.66. The third kappa shape index (κ3) is 3.59. The van der Waals surface area contributed by atoms with Crippen molar-refractivity contribution in [3.8, 4) is 11.8 Å². The predicted molar refractivity (Wildman–Crippen MR) is 105 cm³/mol. The number of aliphatic hydroxyl groups is 1. The third-order valence-electron chi connectivity index (χ3n) is 5.59. The summed E-state index contributed by atoms with van der Waals surface area (Å²) in [5, 5.41) is 10.6. The Balaban J connectivity index is 1.90. The van der Waals surface area contributed by atoms with Crippen LogP contribution in [0.2, 0.25) is 0 Å². The number of carbonyl (C=O) groups is 1. The summed E-state index contributed by atoms with van der Waals surface area (Å²) in [6.45, 7) is 9.13. The second-order valence-electron chi connectivity index (χ2n) is 8.48. The van der Waals surface area contributed by atoms with Crippen LogP contribution in [-0.4, -0.2) is 11.4 Å². The average Bonchev–Trinajstić information content (AvgIpc) is 2.63. The number of hydrogen-bond acceptors (Lipinski definition) is 2. The van der Waals surface area contributed by atoms with Crippen molar-refractivity contribution in [2.24, 2.45) is 0 Å². The maximum Gasteiger partial charge on any atom is 0.150 e. The zero-order chi connectivity index (χ0) is 18.9. The molecule has 2 aromatic carbocycles. The molecule has 1 aliphatic carbocycles. The van der Waals surface area contributed by atoms with E-state index in [4.69, 9.17) is 0 Å². The van der Waals surface area contributed by atoms with Gasteiger partial charge in [0.25, 0.3) is 0 Å². The first-order valence-electron chi connectivity index (χ1n) is 9.13. The van der Waals surface area contributed by atoms with E-state index >= 15 is 0 Å². The summed E-state index contributed by atoms with van der Waals surface area (Å²) in [6, 6.07) is 13.3. The Bertz CT molecular complexity index is 877. The number of benzene rings is 2. The Morgan fingerprint density at radius 1 is 0.962 bits per heavy atom. The second kappa shape index (κ2) is 6.74. The molecule has 1 aliphatic rings. The summed E-state index contributed by atoms with van der Waals surface area (Å²) in [6.07, 6.45) is 2.29. The minimum absolute atomic E-state index is 0.110. The summed E-state index contributed by atoms with van der Waals surface area (Å²) in [5.74, 6) is 5.92. The van der Waals surface area contributed by atoms with E-state index in [-0.39, 0.29) is 10.8 Å². The van der Waals surface area contributed by atoms with Gasteiger partial charge in [0.1, 0.15) is 12.4 Å². The van der Waals surface area contributed by atoms with Crippen LogP contribution in [0.3, 0.4) is 0 Å². The van der Waals surface area contributed by atoms with Gasteiger partial charge in [-0.25, -0.2) is 0 Å². The van der Waals surface area contributed by atoms with Crippen LogP contribution in [-0.2, 0) is 10.8 Å². The largest absolute Gasteiger partial charge is 0.376 e. The lowest BCUT2D eigenvalue weighted by Gasteiger charge is -2.42. The first kappa shape index (κ1) is 18.4. The monoisotopic (exact) mass is 346 g/mol. The highest BCUT2D eigenvalue weighted by atomic mass is 16.3. The van der Waals surface area contributed by atoms with Crippen LogP contribution in [0.25, 0.3) is 0 Å². The van der Waals surface area contributed by atoms with Gasteiger partial charge in [-0.15, -0.1) is 0 Å². The quantitative estimate of drug-likeness (QED) is 0.618. The number of aliphatic hydroxyl groups excluding tert-OH is 1. The molecule has 134 valence electrons. The summed E-state index contributed by atoms with van der Waals surface area (Å²) >= 11 is 0. The highest BCUT2D eigenvalue weighted by molar-refractivity contribution is 5.74. The number of fused-ring (bicyclic) bond motifs is 1. The predicted octanol–water partition coefficient (Wildman–Crippen LogP) is 4.93. The average molecular weight is 346 g/mol. The van der Waals surface area contributed by atoms with E-state index in [1.165, 1.54) is 17.5 Å². The van der Waals surface area contributed by atoms with Crippen molar-refractivity contribution >= 4 is 6.29 Å². The lowest BCUT2D eigenvalue weighted by molar-refractivity contribution is 0.112. The Morgan fingerprint density at radius 2 is 1.58 bits per heavy atom. The zero-order valence-corrected chi connectivity index (χ0v) is 16.0. The van der Waals surface area contributed by atoms with E-state index in [1.807, 2.05) is 6.07 Å². The molecule has 2 aromatic rings. The van der Waals surface area contributed by atoms with Crippen molar-refractivity contribution in [2.45, 2.75) is 57.5 Å². The minimum atomic E-state index is -0.827. The molecule has 0 aromatic heterocycles. The molecular formula is C24H26O2. The van der Waals surface area contributed by atoms with Crippen molar-refractivity contribution in [1.29, 1.82) is 0 Å². The molecule has 0 aliphatic heterocycles. The Morgan fingerprint density at radius 3 is 2.19 bits per heavy atom. The van der Waals surface area contributed by atoms with Crippen molar-refractivity contribution in [3.63, 3.8) is 0 Å². The third-order valence-corrected chi connectivity index (χ3v) is 5.59. The molecule has 0 fully saturated rings. The fraction of sp³-hybridized carbons (Fsp3) is 0.375. The van der Waals surface area contributed by atoms with Gasteiger partial charge in [0, 0.05) is 11.1 Å². The van der Waals surface area contributed by atoms with Gasteiger partial charge in [0.15, 0.2) is 0 Å². The fourth-order valence-corrected chi connectivity index (χ4v) is 3.66. The molecule has 2 nitrogen and oxygen atoms in total. The van der Waals surface area contributed by atoms with E-state index in [0.29, 0.717) is 5.56 Å². The van der Waals surface area contributed by atoms with E-state index in [0.717, 1.165) is 23.8 Å². The molecule has 26 heavy (non-hydrogen) atoms. The first-order chi connectivity index (χ1) is 12.2. The lowest BCUT2D eigenvalue weighted by Crippen LogP contribution is -2.34. The van der Waals surface area contributed by atoms with Crippen LogP contribution in [0, 0.1) is 11.8 Å².